The van der Waals surface area contributed by atoms with Gasteiger partial charge in [-0.2, -0.15) is 0 Å². The van der Waals surface area contributed by atoms with Gasteiger partial charge in [0.05, 0.1) is 19.0 Å². The van der Waals surface area contributed by atoms with E-state index in [4.69, 9.17) is 9.47 Å². The number of halogens is 3. The Bertz CT molecular complexity index is 563. The van der Waals surface area contributed by atoms with E-state index >= 15 is 0 Å². The van der Waals surface area contributed by atoms with E-state index in [1.54, 1.807) is 18.6 Å². The summed E-state index contributed by atoms with van der Waals surface area (Å²) in [6.45, 7) is 0. The first-order valence-electron chi connectivity index (χ1n) is 5.36. The van der Waals surface area contributed by atoms with Gasteiger partial charge in [0.25, 0.3) is 0 Å². The van der Waals surface area contributed by atoms with Crippen molar-refractivity contribution in [3.05, 3.63) is 45.7 Å². The van der Waals surface area contributed by atoms with Crippen molar-refractivity contribution in [3.63, 3.8) is 0 Å². The van der Waals surface area contributed by atoms with E-state index in [0.717, 1.165) is 17.0 Å². The quantitative estimate of drug-likeness (QED) is 0.756. The summed E-state index contributed by atoms with van der Waals surface area (Å²) in [5.41, 5.74) is -0.0368. The molecule has 0 fully saturated rings. The molecular weight excluding hydrogens is 338 g/mol. The van der Waals surface area contributed by atoms with Crippen LogP contribution in [0.1, 0.15) is 15.3 Å². The summed E-state index contributed by atoms with van der Waals surface area (Å²) in [4.78, 5) is 0.201. The average molecular weight is 349 g/mol. The van der Waals surface area contributed by atoms with E-state index in [2.05, 4.69) is 15.9 Å². The molecule has 0 aliphatic rings. The molecule has 0 saturated carbocycles. The van der Waals surface area contributed by atoms with Gasteiger partial charge < -0.3 is 9.47 Å². The summed E-state index contributed by atoms with van der Waals surface area (Å²) in [5.74, 6) is -0.474. The fourth-order valence-electron chi connectivity index (χ4n) is 1.64. The van der Waals surface area contributed by atoms with Gasteiger partial charge in [-0.3, -0.25) is 0 Å². The second-order valence-electron chi connectivity index (χ2n) is 3.76. The molecule has 6 heteroatoms. The monoisotopic (exact) mass is 348 g/mol. The van der Waals surface area contributed by atoms with E-state index in [-0.39, 0.29) is 11.3 Å². The van der Waals surface area contributed by atoms with Crippen LogP contribution < -0.4 is 9.47 Å². The van der Waals surface area contributed by atoms with Crippen LogP contribution in [0.25, 0.3) is 0 Å². The Morgan fingerprint density at radius 2 is 1.63 bits per heavy atom. The molecule has 19 heavy (non-hydrogen) atoms. The molecule has 1 unspecified atom stereocenters. The summed E-state index contributed by atoms with van der Waals surface area (Å²) < 4.78 is 37.8. The molecule has 0 amide bonds. The van der Waals surface area contributed by atoms with E-state index in [0.29, 0.717) is 5.75 Å². The van der Waals surface area contributed by atoms with Crippen LogP contribution >= 0.6 is 27.3 Å². The summed E-state index contributed by atoms with van der Waals surface area (Å²) >= 11 is 4.69. The third kappa shape index (κ3) is 2.90. The predicted octanol–water partition coefficient (Wildman–Crippen LogP) is 4.53. The van der Waals surface area contributed by atoms with Crippen LogP contribution in [0.4, 0.5) is 8.78 Å². The van der Waals surface area contributed by atoms with E-state index in [9.17, 15) is 8.78 Å². The first kappa shape index (κ1) is 14.3. The van der Waals surface area contributed by atoms with Crippen LogP contribution in [0.5, 0.6) is 11.5 Å². The molecule has 102 valence electrons. The maximum absolute atomic E-state index is 13.9. The number of rotatable bonds is 4. The number of hydrogen-bond acceptors (Lipinski definition) is 3. The van der Waals surface area contributed by atoms with Crippen molar-refractivity contribution in [1.82, 2.24) is 0 Å². The minimum atomic E-state index is -0.647. The SMILES string of the molecule is COc1csc(C(Br)c2c(F)cc(OC)cc2F)c1. The number of ether oxygens (including phenoxy) is 2. The maximum atomic E-state index is 13.9. The van der Waals surface area contributed by atoms with Crippen molar-refractivity contribution in [2.45, 2.75) is 4.83 Å². The lowest BCUT2D eigenvalue weighted by Gasteiger charge is -2.12. The van der Waals surface area contributed by atoms with Crippen LogP contribution in [0.2, 0.25) is 0 Å². The van der Waals surface area contributed by atoms with Gasteiger partial charge in [0.1, 0.15) is 23.1 Å². The van der Waals surface area contributed by atoms with Gasteiger partial charge in [0.15, 0.2) is 0 Å². The van der Waals surface area contributed by atoms with Gasteiger partial charge in [-0.25, -0.2) is 8.78 Å². The minimum Gasteiger partial charge on any atom is -0.497 e. The Morgan fingerprint density at radius 3 is 2.11 bits per heavy atom. The fraction of sp³-hybridized carbons (Fsp3) is 0.231. The first-order valence-corrected chi connectivity index (χ1v) is 7.15. The highest BCUT2D eigenvalue weighted by molar-refractivity contribution is 9.09. The maximum Gasteiger partial charge on any atom is 0.134 e. The van der Waals surface area contributed by atoms with E-state index in [1.165, 1.54) is 18.4 Å². The number of benzene rings is 1. The number of alkyl halides is 1. The third-order valence-corrected chi connectivity index (χ3v) is 4.85. The third-order valence-electron chi connectivity index (χ3n) is 2.62. The van der Waals surface area contributed by atoms with Gasteiger partial charge in [-0.05, 0) is 6.07 Å². The highest BCUT2D eigenvalue weighted by Gasteiger charge is 2.22. The molecule has 0 aliphatic heterocycles. The molecule has 1 heterocycles. The normalized spacial score (nSPS) is 12.3. The molecule has 1 atom stereocenters. The number of thiophene rings is 1. The highest BCUT2D eigenvalue weighted by atomic mass is 79.9. The molecule has 1 aromatic carbocycles. The summed E-state index contributed by atoms with van der Waals surface area (Å²) in [6.07, 6.45) is 0. The van der Waals surface area contributed by atoms with Crippen molar-refractivity contribution in [1.29, 1.82) is 0 Å². The molecule has 2 nitrogen and oxygen atoms in total. The second-order valence-corrected chi connectivity index (χ2v) is 5.61. The van der Waals surface area contributed by atoms with Crippen molar-refractivity contribution in [2.75, 3.05) is 14.2 Å². The molecule has 0 saturated heterocycles. The van der Waals surface area contributed by atoms with E-state index < -0.39 is 16.5 Å². The first-order chi connectivity index (χ1) is 9.06. The number of hydrogen-bond donors (Lipinski definition) is 0. The summed E-state index contributed by atoms with van der Waals surface area (Å²) in [5, 5.41) is 1.78. The smallest absolute Gasteiger partial charge is 0.134 e. The lowest BCUT2D eigenvalue weighted by molar-refractivity contribution is 0.405. The molecule has 0 spiro atoms. The van der Waals surface area contributed by atoms with Gasteiger partial charge >= 0.3 is 0 Å². The lowest BCUT2D eigenvalue weighted by atomic mass is 10.1. The zero-order valence-electron chi connectivity index (χ0n) is 10.2. The molecule has 0 radical (unpaired) electrons. The van der Waals surface area contributed by atoms with Crippen LogP contribution in [0.3, 0.4) is 0 Å². The average Bonchev–Trinajstić information content (AvgIpc) is 2.86. The molecule has 0 aliphatic carbocycles. The largest absolute Gasteiger partial charge is 0.497 e. The van der Waals surface area contributed by atoms with Gasteiger partial charge in [-0.15, -0.1) is 11.3 Å². The fourth-order valence-corrected chi connectivity index (χ4v) is 3.37. The molecule has 1 aromatic heterocycles. The topological polar surface area (TPSA) is 18.5 Å². The van der Waals surface area contributed by atoms with Crippen molar-refractivity contribution >= 4 is 27.3 Å². The van der Waals surface area contributed by atoms with Crippen LogP contribution in [-0.4, -0.2) is 14.2 Å². The highest BCUT2D eigenvalue weighted by Crippen LogP contribution is 2.40. The predicted molar refractivity (Wildman–Crippen MR) is 74.6 cm³/mol. The molecule has 2 rings (SSSR count). The lowest BCUT2D eigenvalue weighted by Crippen LogP contribution is -2.00. The van der Waals surface area contributed by atoms with Crippen LogP contribution in [0.15, 0.2) is 23.6 Å². The van der Waals surface area contributed by atoms with Crippen molar-refractivity contribution in [2.24, 2.45) is 0 Å². The van der Waals surface area contributed by atoms with E-state index in [1.807, 2.05) is 0 Å². The molecule has 0 bridgehead atoms. The Kier molecular flexibility index (Phi) is 4.42. The second kappa shape index (κ2) is 5.88. The Hall–Kier alpha value is -1.14. The number of methoxy groups -OCH3 is 2. The zero-order chi connectivity index (χ0) is 14.0. The molecule has 2 aromatic rings. The van der Waals surface area contributed by atoms with Crippen molar-refractivity contribution in [3.8, 4) is 11.5 Å². The standard InChI is InChI=1S/C13H11BrF2O2S/c1-17-7-3-9(15)12(10(16)4-7)13(14)11-5-8(18-2)6-19-11/h3-6,13H,1-2H3. The van der Waals surface area contributed by atoms with Gasteiger partial charge in [0.2, 0.25) is 0 Å². The summed E-state index contributed by atoms with van der Waals surface area (Å²) in [7, 11) is 2.91. The Morgan fingerprint density at radius 1 is 1.05 bits per heavy atom. The Balaban J connectivity index is 2.40. The van der Waals surface area contributed by atoms with Gasteiger partial charge in [0, 0.05) is 28.0 Å². The molecule has 0 N–H and O–H groups in total. The van der Waals surface area contributed by atoms with Crippen molar-refractivity contribution < 1.29 is 18.3 Å². The zero-order valence-corrected chi connectivity index (χ0v) is 12.6. The summed E-state index contributed by atoms with van der Waals surface area (Å²) in [6, 6.07) is 4.07. The van der Waals surface area contributed by atoms with Crippen LogP contribution in [0, 0.1) is 11.6 Å². The van der Waals surface area contributed by atoms with Gasteiger partial charge in [-0.1, -0.05) is 15.9 Å². The Labute approximate surface area is 122 Å². The molecular formula is C13H11BrF2O2S. The minimum absolute atomic E-state index is 0.0368. The van der Waals surface area contributed by atoms with Crippen LogP contribution in [-0.2, 0) is 0 Å².